The van der Waals surface area contributed by atoms with Crippen LogP contribution in [-0.4, -0.2) is 40.7 Å². The van der Waals surface area contributed by atoms with Gasteiger partial charge in [0.1, 0.15) is 0 Å². The predicted molar refractivity (Wildman–Crippen MR) is 72.5 cm³/mol. The number of sulfonamides is 1. The number of aryl methyl sites for hydroxylation is 1. The van der Waals surface area contributed by atoms with Gasteiger partial charge in [-0.2, -0.15) is 18.0 Å². The van der Waals surface area contributed by atoms with Crippen molar-refractivity contribution in [2.45, 2.75) is 16.7 Å². The molecule has 1 aliphatic heterocycles. The van der Waals surface area contributed by atoms with Gasteiger partial charge in [-0.25, -0.2) is 13.1 Å². The number of carbonyl (C=O) groups is 1. The smallest absolute Gasteiger partial charge is 0.264 e. The third-order valence-electron chi connectivity index (χ3n) is 3.20. The summed E-state index contributed by atoms with van der Waals surface area (Å²) in [4.78, 5) is 12.3. The maximum Gasteiger partial charge on any atom is 0.442 e. The van der Waals surface area contributed by atoms with Crippen LogP contribution in [0.25, 0.3) is 0 Å². The van der Waals surface area contributed by atoms with Gasteiger partial charge in [0.15, 0.2) is 0 Å². The number of tetrazole rings is 1. The van der Waals surface area contributed by atoms with Crippen LogP contribution in [0.4, 0.5) is 13.2 Å². The summed E-state index contributed by atoms with van der Waals surface area (Å²) in [6.45, 7) is 0. The largest absolute Gasteiger partial charge is 0.442 e. The van der Waals surface area contributed by atoms with Crippen molar-refractivity contribution in [3.63, 3.8) is 0 Å². The number of nitrogens with one attached hydrogen (secondary N) is 1. The number of hydrogen-bond donors (Lipinski definition) is 1. The molecule has 1 aliphatic rings. The summed E-state index contributed by atoms with van der Waals surface area (Å²) in [6, 6.07) is 3.66. The fourth-order valence-electron chi connectivity index (χ4n) is 1.91. The van der Waals surface area contributed by atoms with E-state index in [1.165, 1.54) is 7.05 Å². The molecule has 1 aromatic heterocycles. The highest BCUT2D eigenvalue weighted by Gasteiger charge is 2.65. The van der Waals surface area contributed by atoms with Crippen LogP contribution in [0.2, 0.25) is 0 Å². The molecule has 0 aliphatic carbocycles. The molecule has 3 rings (SSSR count). The first kappa shape index (κ1) is 16.9. The summed E-state index contributed by atoms with van der Waals surface area (Å²) >= 11 is 0. The normalized spacial score (nSPS) is 15.8. The summed E-state index contributed by atoms with van der Waals surface area (Å²) in [5, 5.41) is 16.3. The second-order valence-electron chi connectivity index (χ2n) is 4.93. The van der Waals surface area contributed by atoms with E-state index in [4.69, 9.17) is 0 Å². The highest BCUT2D eigenvalue weighted by Crippen LogP contribution is 2.52. The molecule has 2 aromatic rings. The lowest BCUT2D eigenvalue weighted by Gasteiger charge is -2.15. The molecule has 0 unspecified atom stereocenters. The van der Waals surface area contributed by atoms with Crippen molar-refractivity contribution >= 4 is 15.9 Å². The Kier molecular flexibility index (Phi) is 3.59. The van der Waals surface area contributed by atoms with E-state index in [2.05, 4.69) is 25.6 Å². The van der Waals surface area contributed by atoms with E-state index < -0.39 is 38.5 Å². The fourth-order valence-corrected chi connectivity index (χ4v) is 2.86. The third kappa shape index (κ3) is 2.95. The zero-order valence-electron chi connectivity index (χ0n) is 12.3. The van der Waals surface area contributed by atoms with Gasteiger partial charge in [0.2, 0.25) is 0 Å². The number of nitrogens with zero attached hydrogens (tertiary/aromatic N) is 6. The van der Waals surface area contributed by atoms with Gasteiger partial charge in [-0.15, -0.1) is 20.4 Å². The van der Waals surface area contributed by atoms with Gasteiger partial charge in [-0.05, 0) is 17.3 Å². The SMILES string of the molecule is Cn1nnc(C(=O)NS(=O)(=O)c2ccc(C3(C(F)(F)F)N=N3)cc2)n1. The maximum atomic E-state index is 12.9. The minimum Gasteiger partial charge on any atom is -0.264 e. The Morgan fingerprint density at radius 3 is 2.24 bits per heavy atom. The average molecular weight is 375 g/mol. The third-order valence-corrected chi connectivity index (χ3v) is 4.55. The van der Waals surface area contributed by atoms with Crippen molar-refractivity contribution in [1.29, 1.82) is 0 Å². The first-order chi connectivity index (χ1) is 11.6. The van der Waals surface area contributed by atoms with E-state index in [0.717, 1.165) is 29.1 Å². The molecule has 0 spiro atoms. The van der Waals surface area contributed by atoms with Crippen LogP contribution in [0.15, 0.2) is 39.4 Å². The Balaban J connectivity index is 1.81. The molecule has 1 N–H and O–H groups in total. The van der Waals surface area contributed by atoms with Crippen molar-refractivity contribution in [1.82, 2.24) is 24.9 Å². The number of amides is 1. The molecule has 132 valence electrons. The highest BCUT2D eigenvalue weighted by atomic mass is 32.2. The molecular formula is C11H8F3N7O3S. The summed E-state index contributed by atoms with van der Waals surface area (Å²) in [5.41, 5.74) is -2.98. The average Bonchev–Trinajstić information content (AvgIpc) is 3.23. The van der Waals surface area contributed by atoms with E-state index in [9.17, 15) is 26.4 Å². The van der Waals surface area contributed by atoms with Gasteiger partial charge >= 0.3 is 17.7 Å². The Morgan fingerprint density at radius 2 is 1.80 bits per heavy atom. The Hall–Kier alpha value is -2.90. The molecule has 2 heterocycles. The molecular weight excluding hydrogens is 367 g/mol. The van der Waals surface area contributed by atoms with Crippen molar-refractivity contribution in [2.75, 3.05) is 0 Å². The highest BCUT2D eigenvalue weighted by molar-refractivity contribution is 7.90. The van der Waals surface area contributed by atoms with Crippen LogP contribution in [0.3, 0.4) is 0 Å². The second-order valence-corrected chi connectivity index (χ2v) is 6.61. The topological polar surface area (TPSA) is 132 Å². The molecule has 0 saturated carbocycles. The Morgan fingerprint density at radius 1 is 1.20 bits per heavy atom. The van der Waals surface area contributed by atoms with Gasteiger partial charge in [0, 0.05) is 5.56 Å². The lowest BCUT2D eigenvalue weighted by atomic mass is 10.0. The van der Waals surface area contributed by atoms with Crippen molar-refractivity contribution in [3.05, 3.63) is 35.7 Å². The van der Waals surface area contributed by atoms with Gasteiger partial charge in [0.05, 0.1) is 11.9 Å². The van der Waals surface area contributed by atoms with E-state index in [1.807, 2.05) is 0 Å². The summed E-state index contributed by atoms with van der Waals surface area (Å²) < 4.78 is 64.6. The van der Waals surface area contributed by atoms with Gasteiger partial charge in [-0.1, -0.05) is 12.1 Å². The standard InChI is InChI=1S/C11H8F3N7O3S/c1-21-16-8(15-20-21)9(22)17-25(23,24)7-4-2-6(3-5-7)10(18-19-10)11(12,13)14/h2-5H,1H3,(H,17,22). The van der Waals surface area contributed by atoms with Crippen molar-refractivity contribution < 1.29 is 26.4 Å². The number of aromatic nitrogens is 4. The van der Waals surface area contributed by atoms with Gasteiger partial charge in [-0.3, -0.25) is 4.79 Å². The molecule has 1 aromatic carbocycles. The van der Waals surface area contributed by atoms with Crippen LogP contribution in [0.5, 0.6) is 0 Å². The van der Waals surface area contributed by atoms with Crippen LogP contribution in [-0.2, 0) is 22.7 Å². The zero-order chi connectivity index (χ0) is 18.5. The monoisotopic (exact) mass is 375 g/mol. The Bertz CT molecular complexity index is 960. The summed E-state index contributed by atoms with van der Waals surface area (Å²) in [6.07, 6.45) is -4.72. The lowest BCUT2D eigenvalue weighted by Crippen LogP contribution is -2.32. The van der Waals surface area contributed by atoms with Crippen molar-refractivity contribution in [2.24, 2.45) is 17.3 Å². The molecule has 25 heavy (non-hydrogen) atoms. The number of hydrogen-bond acceptors (Lipinski definition) is 8. The van der Waals surface area contributed by atoms with E-state index >= 15 is 0 Å². The maximum absolute atomic E-state index is 12.9. The molecule has 0 fully saturated rings. The number of halogens is 3. The molecule has 10 nitrogen and oxygen atoms in total. The second kappa shape index (κ2) is 5.30. The fraction of sp³-hybridized carbons (Fsp3) is 0.273. The lowest BCUT2D eigenvalue weighted by molar-refractivity contribution is -0.166. The quantitative estimate of drug-likeness (QED) is 0.828. The molecule has 0 saturated heterocycles. The summed E-state index contributed by atoms with van der Waals surface area (Å²) in [7, 11) is -2.96. The first-order valence-electron chi connectivity index (χ1n) is 6.48. The van der Waals surface area contributed by atoms with Crippen LogP contribution >= 0.6 is 0 Å². The van der Waals surface area contributed by atoms with Crippen LogP contribution in [0, 0.1) is 0 Å². The van der Waals surface area contributed by atoms with E-state index in [-0.39, 0.29) is 5.56 Å². The first-order valence-corrected chi connectivity index (χ1v) is 7.96. The minimum atomic E-state index is -4.72. The minimum absolute atomic E-state index is 0.333. The molecule has 0 bridgehead atoms. The zero-order valence-corrected chi connectivity index (χ0v) is 13.1. The molecule has 0 atom stereocenters. The number of rotatable bonds is 4. The van der Waals surface area contributed by atoms with Gasteiger partial charge in [0.25, 0.3) is 15.8 Å². The number of alkyl halides is 3. The van der Waals surface area contributed by atoms with E-state index in [0.29, 0.717) is 0 Å². The van der Waals surface area contributed by atoms with Crippen molar-refractivity contribution in [3.8, 4) is 0 Å². The summed E-state index contributed by atoms with van der Waals surface area (Å²) in [5.74, 6) is -1.61. The predicted octanol–water partition coefficient (Wildman–Crippen LogP) is 0.510. The van der Waals surface area contributed by atoms with Gasteiger partial charge < -0.3 is 0 Å². The molecule has 1 amide bonds. The number of carbonyl (C=O) groups excluding carboxylic acids is 1. The van der Waals surface area contributed by atoms with E-state index in [1.54, 1.807) is 4.72 Å². The van der Waals surface area contributed by atoms with Crippen LogP contribution in [0.1, 0.15) is 16.2 Å². The number of benzene rings is 1. The molecule has 14 heteroatoms. The van der Waals surface area contributed by atoms with Crippen LogP contribution < -0.4 is 4.72 Å². The molecule has 0 radical (unpaired) electrons. The Labute approximate surface area is 137 Å².